The number of nitro benzene ring substituents is 1. The van der Waals surface area contributed by atoms with E-state index >= 15 is 0 Å². The van der Waals surface area contributed by atoms with Crippen LogP contribution in [0.25, 0.3) is 0 Å². The molecule has 2 heterocycles. The minimum absolute atomic E-state index is 0.149. The van der Waals surface area contributed by atoms with Crippen molar-refractivity contribution in [3.63, 3.8) is 0 Å². The number of sulfonamides is 1. The van der Waals surface area contributed by atoms with E-state index < -0.39 is 20.6 Å². The molecule has 2 N–H and O–H groups in total. The molecule has 164 valence electrons. The third-order valence-corrected chi connectivity index (χ3v) is 7.12. The number of ether oxygens (including phenoxy) is 2. The molecule has 4 rings (SSSR count). The number of hydrogen-bond acceptors (Lipinski definition) is 7. The van der Waals surface area contributed by atoms with Crippen LogP contribution in [0.5, 0.6) is 11.5 Å². The van der Waals surface area contributed by atoms with Gasteiger partial charge in [-0.3, -0.25) is 14.9 Å². The van der Waals surface area contributed by atoms with E-state index in [1.54, 1.807) is 18.2 Å². The fourth-order valence-electron chi connectivity index (χ4n) is 3.59. The van der Waals surface area contributed by atoms with E-state index in [4.69, 9.17) is 9.47 Å². The number of benzene rings is 2. The zero-order valence-corrected chi connectivity index (χ0v) is 17.3. The van der Waals surface area contributed by atoms with Crippen LogP contribution in [0.4, 0.5) is 11.4 Å². The molecule has 0 saturated carbocycles. The molecule has 12 heteroatoms. The molecule has 0 unspecified atom stereocenters. The lowest BCUT2D eigenvalue weighted by Gasteiger charge is -2.31. The van der Waals surface area contributed by atoms with Crippen molar-refractivity contribution in [1.29, 1.82) is 0 Å². The van der Waals surface area contributed by atoms with Gasteiger partial charge in [0.1, 0.15) is 0 Å². The van der Waals surface area contributed by atoms with Gasteiger partial charge in [-0.05, 0) is 18.2 Å². The Balaban J connectivity index is 1.34. The molecule has 0 aromatic heterocycles. The van der Waals surface area contributed by atoms with Crippen LogP contribution in [0.2, 0.25) is 0 Å². The topological polar surface area (TPSA) is 133 Å². The molecule has 0 aliphatic carbocycles. The molecule has 0 radical (unpaired) electrons. The van der Waals surface area contributed by atoms with Crippen molar-refractivity contribution in [3.05, 3.63) is 52.6 Å². The van der Waals surface area contributed by atoms with Crippen molar-refractivity contribution in [1.82, 2.24) is 4.31 Å². The van der Waals surface area contributed by atoms with E-state index in [2.05, 4.69) is 5.32 Å². The maximum atomic E-state index is 12.9. The lowest BCUT2D eigenvalue weighted by molar-refractivity contribution is -0.895. The minimum atomic E-state index is -3.99. The molecule has 0 spiro atoms. The summed E-state index contributed by atoms with van der Waals surface area (Å²) in [4.78, 5) is 23.5. The Hall–Kier alpha value is -3.22. The number of quaternary nitrogens is 1. The third-order valence-electron chi connectivity index (χ3n) is 5.18. The number of anilines is 1. The highest BCUT2D eigenvalue weighted by Crippen LogP contribution is 2.34. The molecule has 0 atom stereocenters. The SMILES string of the molecule is O=C(C[NH+]1CCN(S(=O)(=O)c2ccccc2[N+](=O)[O-])CC1)Nc1ccc2c(c1)OCO2. The summed E-state index contributed by atoms with van der Waals surface area (Å²) in [7, 11) is -3.99. The van der Waals surface area contributed by atoms with Gasteiger partial charge in [-0.15, -0.1) is 0 Å². The van der Waals surface area contributed by atoms with Gasteiger partial charge < -0.3 is 19.7 Å². The van der Waals surface area contributed by atoms with E-state index in [-0.39, 0.29) is 37.2 Å². The van der Waals surface area contributed by atoms with Crippen LogP contribution in [0.15, 0.2) is 47.4 Å². The number of carbonyl (C=O) groups is 1. The van der Waals surface area contributed by atoms with Crippen molar-refractivity contribution < 1.29 is 32.5 Å². The number of carbonyl (C=O) groups excluding carboxylic acids is 1. The van der Waals surface area contributed by atoms with Gasteiger partial charge in [0.2, 0.25) is 16.8 Å². The van der Waals surface area contributed by atoms with Gasteiger partial charge in [0.05, 0.1) is 31.1 Å². The first-order valence-corrected chi connectivity index (χ1v) is 11.1. The lowest BCUT2D eigenvalue weighted by atomic mass is 10.2. The lowest BCUT2D eigenvalue weighted by Crippen LogP contribution is -3.15. The van der Waals surface area contributed by atoms with Crippen molar-refractivity contribution in [3.8, 4) is 11.5 Å². The molecule has 31 heavy (non-hydrogen) atoms. The number of fused-ring (bicyclic) bond motifs is 1. The van der Waals surface area contributed by atoms with Crippen molar-refractivity contribution in [2.24, 2.45) is 0 Å². The van der Waals surface area contributed by atoms with Gasteiger partial charge in [0, 0.05) is 17.8 Å². The van der Waals surface area contributed by atoms with Crippen LogP contribution in [0.1, 0.15) is 0 Å². The van der Waals surface area contributed by atoms with Crippen LogP contribution < -0.4 is 19.7 Å². The van der Waals surface area contributed by atoms with Gasteiger partial charge in [0.25, 0.3) is 11.6 Å². The summed E-state index contributed by atoms with van der Waals surface area (Å²) < 4.78 is 37.5. The average molecular weight is 449 g/mol. The monoisotopic (exact) mass is 449 g/mol. The normalized spacial score (nSPS) is 16.8. The van der Waals surface area contributed by atoms with Crippen molar-refractivity contribution >= 4 is 27.3 Å². The second-order valence-corrected chi connectivity index (χ2v) is 9.08. The molecular weight excluding hydrogens is 428 g/mol. The van der Waals surface area contributed by atoms with Crippen LogP contribution in [-0.2, 0) is 14.8 Å². The van der Waals surface area contributed by atoms with Crippen LogP contribution in [0.3, 0.4) is 0 Å². The van der Waals surface area contributed by atoms with Crippen molar-refractivity contribution in [2.45, 2.75) is 4.90 Å². The van der Waals surface area contributed by atoms with E-state index in [1.165, 1.54) is 28.6 Å². The Morgan fingerprint density at radius 2 is 1.84 bits per heavy atom. The number of piperazine rings is 1. The van der Waals surface area contributed by atoms with Crippen LogP contribution in [0, 0.1) is 10.1 Å². The molecule has 2 aromatic rings. The molecule has 1 amide bonds. The number of para-hydroxylation sites is 1. The van der Waals surface area contributed by atoms with Crippen LogP contribution >= 0.6 is 0 Å². The highest BCUT2D eigenvalue weighted by Gasteiger charge is 2.35. The Labute approximate surface area is 178 Å². The summed E-state index contributed by atoms with van der Waals surface area (Å²) in [6, 6.07) is 10.4. The quantitative estimate of drug-likeness (QED) is 0.463. The second kappa shape index (κ2) is 8.49. The van der Waals surface area contributed by atoms with E-state index in [9.17, 15) is 23.3 Å². The summed E-state index contributed by atoms with van der Waals surface area (Å²) in [5.41, 5.74) is 0.145. The van der Waals surface area contributed by atoms with E-state index in [0.29, 0.717) is 30.3 Å². The molecule has 1 fully saturated rings. The maximum absolute atomic E-state index is 12.9. The minimum Gasteiger partial charge on any atom is -0.454 e. The number of nitrogens with zero attached hydrogens (tertiary/aromatic N) is 2. The molecule has 0 bridgehead atoms. The number of rotatable bonds is 6. The molecule has 2 aliphatic heterocycles. The van der Waals surface area contributed by atoms with Gasteiger partial charge in [0.15, 0.2) is 22.9 Å². The summed E-state index contributed by atoms with van der Waals surface area (Å²) in [5.74, 6) is 0.988. The highest BCUT2D eigenvalue weighted by molar-refractivity contribution is 7.89. The Kier molecular flexibility index (Phi) is 5.76. The van der Waals surface area contributed by atoms with E-state index in [0.717, 1.165) is 4.90 Å². The Morgan fingerprint density at radius 1 is 1.13 bits per heavy atom. The molecule has 2 aliphatic rings. The fourth-order valence-corrected chi connectivity index (χ4v) is 5.19. The molecular formula is C19H21N4O7S+. The molecule has 1 saturated heterocycles. The number of nitro groups is 1. The Morgan fingerprint density at radius 3 is 2.58 bits per heavy atom. The van der Waals surface area contributed by atoms with E-state index in [1.807, 2.05) is 0 Å². The summed E-state index contributed by atoms with van der Waals surface area (Å²) in [6.45, 7) is 1.48. The van der Waals surface area contributed by atoms with Gasteiger partial charge >= 0.3 is 0 Å². The van der Waals surface area contributed by atoms with Crippen LogP contribution in [-0.4, -0.2) is 63.1 Å². The molecule has 11 nitrogen and oxygen atoms in total. The summed E-state index contributed by atoms with van der Waals surface area (Å²) >= 11 is 0. The highest BCUT2D eigenvalue weighted by atomic mass is 32.2. The predicted molar refractivity (Wildman–Crippen MR) is 109 cm³/mol. The summed E-state index contributed by atoms with van der Waals surface area (Å²) in [6.07, 6.45) is 0. The van der Waals surface area contributed by atoms with Gasteiger partial charge in [-0.2, -0.15) is 4.31 Å². The second-order valence-electron chi connectivity index (χ2n) is 7.17. The third kappa shape index (κ3) is 4.45. The number of hydrogen-bond donors (Lipinski definition) is 2. The smallest absolute Gasteiger partial charge is 0.289 e. The first-order chi connectivity index (χ1) is 14.8. The summed E-state index contributed by atoms with van der Waals surface area (Å²) in [5, 5.41) is 14.0. The Bertz CT molecular complexity index is 1110. The first kappa shape index (κ1) is 21.0. The molecule has 2 aromatic carbocycles. The first-order valence-electron chi connectivity index (χ1n) is 9.61. The average Bonchev–Trinajstić information content (AvgIpc) is 3.22. The van der Waals surface area contributed by atoms with Gasteiger partial charge in [-0.25, -0.2) is 8.42 Å². The fraction of sp³-hybridized carbons (Fsp3) is 0.316. The largest absolute Gasteiger partial charge is 0.454 e. The van der Waals surface area contributed by atoms with Crippen molar-refractivity contribution in [2.75, 3.05) is 44.8 Å². The zero-order valence-electron chi connectivity index (χ0n) is 16.4. The standard InChI is InChI=1S/C19H20N4O7S/c24-19(20-14-5-6-16-17(11-14)30-13-29-16)12-21-7-9-22(10-8-21)31(27,28)18-4-2-1-3-15(18)23(25)26/h1-6,11H,7-10,12-13H2,(H,20,24)/p+1. The predicted octanol–water partition coefficient (Wildman–Crippen LogP) is -0.149. The zero-order chi connectivity index (χ0) is 22.0. The number of amides is 1. The number of nitrogens with one attached hydrogen (secondary N) is 2. The maximum Gasteiger partial charge on any atom is 0.289 e. The van der Waals surface area contributed by atoms with Gasteiger partial charge in [-0.1, -0.05) is 12.1 Å².